The zero-order valence-electron chi connectivity index (χ0n) is 12.1. The van der Waals surface area contributed by atoms with E-state index in [1.807, 2.05) is 0 Å². The van der Waals surface area contributed by atoms with Crippen LogP contribution in [0.3, 0.4) is 0 Å². The van der Waals surface area contributed by atoms with Gasteiger partial charge in [0.05, 0.1) is 11.9 Å². The van der Waals surface area contributed by atoms with E-state index in [1.54, 1.807) is 7.11 Å². The van der Waals surface area contributed by atoms with Crippen molar-refractivity contribution in [1.29, 1.82) is 0 Å². The summed E-state index contributed by atoms with van der Waals surface area (Å²) in [6.45, 7) is 6.37. The van der Waals surface area contributed by atoms with E-state index >= 15 is 0 Å². The number of alkyl halides is 1. The number of hydrogen-bond donors (Lipinski definition) is 0. The maximum absolute atomic E-state index is 5.54. The van der Waals surface area contributed by atoms with E-state index in [0.29, 0.717) is 0 Å². The van der Waals surface area contributed by atoms with Crippen LogP contribution in [0, 0.1) is 20.8 Å². The van der Waals surface area contributed by atoms with Gasteiger partial charge < -0.3 is 4.74 Å². The third-order valence-corrected chi connectivity index (χ3v) is 5.54. The summed E-state index contributed by atoms with van der Waals surface area (Å²) in [7, 11) is 1.72. The summed E-state index contributed by atoms with van der Waals surface area (Å²) in [5, 5.41) is 0. The molecular formula is C17H18Br2O. The first-order chi connectivity index (χ1) is 9.45. The number of benzene rings is 2. The molecule has 0 bridgehead atoms. The van der Waals surface area contributed by atoms with Crippen molar-refractivity contribution < 1.29 is 4.74 Å². The molecule has 0 saturated carbocycles. The molecule has 0 fully saturated rings. The second-order valence-electron chi connectivity index (χ2n) is 5.00. The van der Waals surface area contributed by atoms with Gasteiger partial charge in [-0.25, -0.2) is 0 Å². The summed E-state index contributed by atoms with van der Waals surface area (Å²) in [6.07, 6.45) is 0. The highest BCUT2D eigenvalue weighted by Crippen LogP contribution is 2.40. The normalized spacial score (nSPS) is 12.3. The van der Waals surface area contributed by atoms with Gasteiger partial charge in [0, 0.05) is 10.0 Å². The van der Waals surface area contributed by atoms with E-state index in [9.17, 15) is 0 Å². The van der Waals surface area contributed by atoms with Crippen LogP contribution in [0.2, 0.25) is 0 Å². The molecule has 2 aromatic rings. The highest BCUT2D eigenvalue weighted by molar-refractivity contribution is 9.10. The Morgan fingerprint density at radius 3 is 2.35 bits per heavy atom. The summed E-state index contributed by atoms with van der Waals surface area (Å²) in [4.78, 5) is 0.120. The molecule has 2 rings (SSSR count). The lowest BCUT2D eigenvalue weighted by atomic mass is 9.96. The summed E-state index contributed by atoms with van der Waals surface area (Å²) in [5.74, 6) is 0.911. The maximum Gasteiger partial charge on any atom is 0.123 e. The molecule has 1 unspecified atom stereocenters. The van der Waals surface area contributed by atoms with Crippen molar-refractivity contribution in [3.8, 4) is 5.75 Å². The first kappa shape index (κ1) is 15.6. The molecule has 1 nitrogen and oxygen atoms in total. The van der Waals surface area contributed by atoms with E-state index in [1.165, 1.54) is 22.3 Å². The molecule has 3 heteroatoms. The molecule has 106 valence electrons. The molecule has 0 aromatic heterocycles. The number of rotatable bonds is 3. The molecule has 0 aliphatic heterocycles. The summed E-state index contributed by atoms with van der Waals surface area (Å²) in [6, 6.07) is 10.6. The quantitative estimate of drug-likeness (QED) is 0.588. The largest absolute Gasteiger partial charge is 0.496 e. The van der Waals surface area contributed by atoms with Crippen LogP contribution in [-0.2, 0) is 0 Å². The van der Waals surface area contributed by atoms with Gasteiger partial charge in [-0.15, -0.1) is 0 Å². The fourth-order valence-electron chi connectivity index (χ4n) is 2.26. The predicted octanol–water partition coefficient (Wildman–Crippen LogP) is 5.87. The second kappa shape index (κ2) is 6.31. The van der Waals surface area contributed by atoms with Gasteiger partial charge in [-0.05, 0) is 55.2 Å². The Kier molecular flexibility index (Phi) is 4.92. The van der Waals surface area contributed by atoms with Crippen molar-refractivity contribution in [2.24, 2.45) is 0 Å². The Balaban J connectivity index is 2.55. The number of hydrogen-bond acceptors (Lipinski definition) is 1. The smallest absolute Gasteiger partial charge is 0.123 e. The molecule has 0 heterocycles. The van der Waals surface area contributed by atoms with Gasteiger partial charge in [-0.2, -0.15) is 0 Å². The van der Waals surface area contributed by atoms with Crippen LogP contribution < -0.4 is 4.74 Å². The minimum absolute atomic E-state index is 0.120. The Morgan fingerprint density at radius 1 is 1.00 bits per heavy atom. The second-order valence-corrected chi connectivity index (χ2v) is 6.77. The van der Waals surface area contributed by atoms with E-state index in [4.69, 9.17) is 4.74 Å². The van der Waals surface area contributed by atoms with Crippen LogP contribution in [0.15, 0.2) is 34.8 Å². The molecule has 0 radical (unpaired) electrons. The summed E-state index contributed by atoms with van der Waals surface area (Å²) >= 11 is 7.44. The van der Waals surface area contributed by atoms with Gasteiger partial charge in [0.25, 0.3) is 0 Å². The molecule has 0 amide bonds. The van der Waals surface area contributed by atoms with Crippen LogP contribution in [0.25, 0.3) is 0 Å². The lowest BCUT2D eigenvalue weighted by Gasteiger charge is -2.19. The Labute approximate surface area is 137 Å². The lowest BCUT2D eigenvalue weighted by molar-refractivity contribution is 0.410. The first-order valence-corrected chi connectivity index (χ1v) is 8.20. The van der Waals surface area contributed by atoms with Crippen LogP contribution >= 0.6 is 31.9 Å². The topological polar surface area (TPSA) is 9.23 Å². The standard InChI is InChI=1S/C17H18Br2O/c1-10-6-5-7-13(12(10)3)17(19)14-9-15(18)11(2)8-16(14)20-4/h5-9,17H,1-4H3. The van der Waals surface area contributed by atoms with E-state index in [-0.39, 0.29) is 4.83 Å². The Bertz CT molecular complexity index is 635. The molecule has 0 spiro atoms. The highest BCUT2D eigenvalue weighted by atomic mass is 79.9. The maximum atomic E-state index is 5.54. The number of methoxy groups -OCH3 is 1. The van der Waals surface area contributed by atoms with Crippen molar-refractivity contribution in [1.82, 2.24) is 0 Å². The van der Waals surface area contributed by atoms with Crippen molar-refractivity contribution in [2.75, 3.05) is 7.11 Å². The van der Waals surface area contributed by atoms with Gasteiger partial charge >= 0.3 is 0 Å². The first-order valence-electron chi connectivity index (χ1n) is 6.50. The number of halogens is 2. The third-order valence-electron chi connectivity index (χ3n) is 3.70. The fourth-order valence-corrected chi connectivity index (χ4v) is 3.48. The number of aryl methyl sites for hydroxylation is 2. The minimum atomic E-state index is 0.120. The van der Waals surface area contributed by atoms with E-state index in [2.05, 4.69) is 83.0 Å². The molecule has 0 aliphatic carbocycles. The lowest BCUT2D eigenvalue weighted by Crippen LogP contribution is -2.01. The van der Waals surface area contributed by atoms with E-state index < -0.39 is 0 Å². The Morgan fingerprint density at radius 2 is 1.70 bits per heavy atom. The van der Waals surface area contributed by atoms with Crippen LogP contribution in [0.5, 0.6) is 5.75 Å². The molecular weight excluding hydrogens is 380 g/mol. The molecule has 1 atom stereocenters. The summed E-state index contributed by atoms with van der Waals surface area (Å²) in [5.41, 5.74) is 6.20. The monoisotopic (exact) mass is 396 g/mol. The molecule has 0 aliphatic rings. The molecule has 20 heavy (non-hydrogen) atoms. The average Bonchev–Trinajstić information content (AvgIpc) is 2.43. The van der Waals surface area contributed by atoms with Crippen molar-refractivity contribution in [3.63, 3.8) is 0 Å². The van der Waals surface area contributed by atoms with Gasteiger partial charge in [-0.1, -0.05) is 50.1 Å². The van der Waals surface area contributed by atoms with Gasteiger partial charge in [0.2, 0.25) is 0 Å². The predicted molar refractivity (Wildman–Crippen MR) is 92.1 cm³/mol. The third kappa shape index (κ3) is 2.94. The van der Waals surface area contributed by atoms with Crippen molar-refractivity contribution >= 4 is 31.9 Å². The average molecular weight is 398 g/mol. The molecule has 0 N–H and O–H groups in total. The van der Waals surface area contributed by atoms with Crippen LogP contribution in [-0.4, -0.2) is 7.11 Å². The Hall–Kier alpha value is -0.800. The van der Waals surface area contributed by atoms with Crippen LogP contribution in [0.4, 0.5) is 0 Å². The van der Waals surface area contributed by atoms with Gasteiger partial charge in [-0.3, -0.25) is 0 Å². The van der Waals surface area contributed by atoms with E-state index in [0.717, 1.165) is 15.8 Å². The fraction of sp³-hybridized carbons (Fsp3) is 0.294. The zero-order chi connectivity index (χ0) is 14.9. The highest BCUT2D eigenvalue weighted by Gasteiger charge is 2.19. The SMILES string of the molecule is COc1cc(C)c(Br)cc1C(Br)c1cccc(C)c1C. The molecule has 0 saturated heterocycles. The van der Waals surface area contributed by atoms with Crippen LogP contribution in [0.1, 0.15) is 32.6 Å². The van der Waals surface area contributed by atoms with Gasteiger partial charge in [0.15, 0.2) is 0 Å². The molecule has 2 aromatic carbocycles. The number of ether oxygens (including phenoxy) is 1. The minimum Gasteiger partial charge on any atom is -0.496 e. The van der Waals surface area contributed by atoms with Gasteiger partial charge in [0.1, 0.15) is 5.75 Å². The summed E-state index contributed by atoms with van der Waals surface area (Å²) < 4.78 is 6.64. The van der Waals surface area contributed by atoms with Crippen molar-refractivity contribution in [3.05, 3.63) is 62.6 Å². The van der Waals surface area contributed by atoms with Crippen molar-refractivity contribution in [2.45, 2.75) is 25.6 Å². The zero-order valence-corrected chi connectivity index (χ0v) is 15.3.